The van der Waals surface area contributed by atoms with E-state index in [2.05, 4.69) is 10.1 Å². The molecule has 1 amide bonds. The molecule has 15 heavy (non-hydrogen) atoms. The minimum atomic E-state index is -0.764. The van der Waals surface area contributed by atoms with Gasteiger partial charge in [0.2, 0.25) is 0 Å². The summed E-state index contributed by atoms with van der Waals surface area (Å²) in [6.45, 7) is 5.11. The Morgan fingerprint density at radius 3 is 2.20 bits per heavy atom. The summed E-state index contributed by atoms with van der Waals surface area (Å²) in [7, 11) is 1.18. The van der Waals surface area contributed by atoms with Crippen LogP contribution in [0.2, 0.25) is 0 Å². The number of ether oxygens (including phenoxy) is 2. The van der Waals surface area contributed by atoms with E-state index < -0.39 is 17.7 Å². The summed E-state index contributed by atoms with van der Waals surface area (Å²) in [6, 6.07) is 0. The Labute approximate surface area is 93.4 Å². The van der Waals surface area contributed by atoms with Crippen LogP contribution < -0.4 is 5.32 Å². The topological polar surface area (TPSA) is 64.6 Å². The van der Waals surface area contributed by atoms with Crippen molar-refractivity contribution in [2.24, 2.45) is 0 Å². The van der Waals surface area contributed by atoms with Gasteiger partial charge in [0.1, 0.15) is 11.3 Å². The van der Waals surface area contributed by atoms with E-state index >= 15 is 0 Å². The fraction of sp³-hybridized carbons (Fsp3) is 0.556. The van der Waals surface area contributed by atoms with Crippen LogP contribution in [0.1, 0.15) is 20.8 Å². The van der Waals surface area contributed by atoms with Gasteiger partial charge in [0.15, 0.2) is 0 Å². The summed E-state index contributed by atoms with van der Waals surface area (Å²) in [6.07, 6.45) is -0.764. The zero-order chi connectivity index (χ0) is 12.1. The van der Waals surface area contributed by atoms with Gasteiger partial charge >= 0.3 is 12.1 Å². The number of methoxy groups -OCH3 is 1. The Hall–Kier alpha value is -1.23. The highest BCUT2D eigenvalue weighted by atomic mass is 35.5. The smallest absolute Gasteiger partial charge is 0.412 e. The van der Waals surface area contributed by atoms with Crippen LogP contribution in [-0.2, 0) is 14.3 Å². The average Bonchev–Trinajstić information content (AvgIpc) is 2.10. The number of rotatable bonds is 2. The highest BCUT2D eigenvalue weighted by molar-refractivity contribution is 6.27. The van der Waals surface area contributed by atoms with E-state index in [1.54, 1.807) is 20.8 Å². The summed E-state index contributed by atoms with van der Waals surface area (Å²) < 4.78 is 9.28. The molecule has 5 nitrogen and oxygen atoms in total. The quantitative estimate of drug-likeness (QED) is 0.585. The van der Waals surface area contributed by atoms with Crippen LogP contribution in [0.15, 0.2) is 11.2 Å². The second-order valence-corrected chi connectivity index (χ2v) is 3.86. The van der Waals surface area contributed by atoms with Gasteiger partial charge in [0.25, 0.3) is 0 Å². The van der Waals surface area contributed by atoms with Gasteiger partial charge in [-0.2, -0.15) is 0 Å². The van der Waals surface area contributed by atoms with Crippen molar-refractivity contribution < 1.29 is 19.1 Å². The third kappa shape index (κ3) is 5.96. The van der Waals surface area contributed by atoms with E-state index in [4.69, 9.17) is 16.3 Å². The SMILES string of the molecule is COC(=O)/C(=C/Cl)NC(=O)OC(C)(C)C. The number of alkyl carbamates (subject to hydrolysis) is 1. The van der Waals surface area contributed by atoms with Crippen molar-refractivity contribution in [1.82, 2.24) is 5.32 Å². The van der Waals surface area contributed by atoms with Crippen molar-refractivity contribution in [2.45, 2.75) is 26.4 Å². The molecule has 0 saturated carbocycles. The third-order valence-corrected chi connectivity index (χ3v) is 1.37. The van der Waals surface area contributed by atoms with Crippen LogP contribution in [0.3, 0.4) is 0 Å². The van der Waals surface area contributed by atoms with Crippen LogP contribution in [0.25, 0.3) is 0 Å². The summed E-state index contributed by atoms with van der Waals surface area (Å²) in [5, 5.41) is 2.17. The Morgan fingerprint density at radius 2 is 1.87 bits per heavy atom. The van der Waals surface area contributed by atoms with Gasteiger partial charge in [-0.15, -0.1) is 0 Å². The number of carbonyl (C=O) groups excluding carboxylic acids is 2. The van der Waals surface area contributed by atoms with Crippen molar-refractivity contribution in [2.75, 3.05) is 7.11 Å². The molecule has 0 rings (SSSR count). The predicted octanol–water partition coefficient (Wildman–Crippen LogP) is 1.76. The number of hydrogen-bond donors (Lipinski definition) is 1. The molecule has 0 aliphatic carbocycles. The van der Waals surface area contributed by atoms with E-state index in [-0.39, 0.29) is 5.70 Å². The monoisotopic (exact) mass is 235 g/mol. The molecule has 0 saturated heterocycles. The molecule has 0 spiro atoms. The number of carbonyl (C=O) groups is 2. The van der Waals surface area contributed by atoms with Crippen molar-refractivity contribution >= 4 is 23.7 Å². The first-order chi connectivity index (χ1) is 6.80. The van der Waals surface area contributed by atoms with Gasteiger partial charge < -0.3 is 9.47 Å². The fourth-order valence-corrected chi connectivity index (χ4v) is 0.790. The highest BCUT2D eigenvalue weighted by Crippen LogP contribution is 2.07. The molecule has 0 radical (unpaired) electrons. The van der Waals surface area contributed by atoms with E-state index in [0.717, 1.165) is 5.54 Å². The molecule has 0 unspecified atom stereocenters. The van der Waals surface area contributed by atoms with Gasteiger partial charge in [-0.1, -0.05) is 11.6 Å². The van der Waals surface area contributed by atoms with Gasteiger partial charge in [0, 0.05) is 5.54 Å². The Balaban J connectivity index is 4.34. The van der Waals surface area contributed by atoms with Crippen LogP contribution in [0.4, 0.5) is 4.79 Å². The first-order valence-electron chi connectivity index (χ1n) is 4.19. The molecular weight excluding hydrogens is 222 g/mol. The molecule has 0 bridgehead atoms. The van der Waals surface area contributed by atoms with E-state index in [0.29, 0.717) is 0 Å². The lowest BCUT2D eigenvalue weighted by atomic mass is 10.2. The molecule has 6 heteroatoms. The minimum Gasteiger partial charge on any atom is -0.464 e. The molecule has 86 valence electrons. The summed E-state index contributed by atoms with van der Waals surface area (Å²) in [5.74, 6) is -0.740. The summed E-state index contributed by atoms with van der Waals surface area (Å²) in [4.78, 5) is 22.2. The molecule has 0 aromatic rings. The lowest BCUT2D eigenvalue weighted by molar-refractivity contribution is -0.136. The molecule has 1 N–H and O–H groups in total. The lowest BCUT2D eigenvalue weighted by Gasteiger charge is -2.19. The van der Waals surface area contributed by atoms with E-state index in [9.17, 15) is 9.59 Å². The summed E-state index contributed by atoms with van der Waals surface area (Å²) in [5.41, 5.74) is 0.0984. The highest BCUT2D eigenvalue weighted by Gasteiger charge is 2.19. The zero-order valence-corrected chi connectivity index (χ0v) is 9.84. The maximum absolute atomic E-state index is 11.2. The van der Waals surface area contributed by atoms with Gasteiger partial charge in [0.05, 0.1) is 7.11 Å². The molecule has 0 aliphatic heterocycles. The average molecular weight is 236 g/mol. The largest absolute Gasteiger partial charge is 0.464 e. The first-order valence-corrected chi connectivity index (χ1v) is 4.62. The van der Waals surface area contributed by atoms with Crippen molar-refractivity contribution in [3.8, 4) is 0 Å². The lowest BCUT2D eigenvalue weighted by Crippen LogP contribution is -2.34. The fourth-order valence-electron chi connectivity index (χ4n) is 0.646. The first kappa shape index (κ1) is 13.8. The van der Waals surface area contributed by atoms with E-state index in [1.165, 1.54) is 7.11 Å². The van der Waals surface area contributed by atoms with Crippen molar-refractivity contribution in [3.63, 3.8) is 0 Å². The maximum atomic E-state index is 11.2. The van der Waals surface area contributed by atoms with Gasteiger partial charge in [-0.05, 0) is 20.8 Å². The Kier molecular flexibility index (Phi) is 5.14. The second kappa shape index (κ2) is 5.60. The number of halogens is 1. The molecule has 0 fully saturated rings. The van der Waals surface area contributed by atoms with Gasteiger partial charge in [-0.25, -0.2) is 9.59 Å². The molecule has 0 heterocycles. The zero-order valence-electron chi connectivity index (χ0n) is 9.09. The van der Waals surface area contributed by atoms with Crippen LogP contribution >= 0.6 is 11.6 Å². The normalized spacial score (nSPS) is 11.9. The number of hydrogen-bond acceptors (Lipinski definition) is 4. The summed E-state index contributed by atoms with van der Waals surface area (Å²) >= 11 is 5.32. The standard InChI is InChI=1S/C9H14ClNO4/c1-9(2,3)15-8(13)11-6(5-10)7(12)14-4/h5H,1-4H3,(H,11,13)/b6-5-. The molecule has 0 atom stereocenters. The van der Waals surface area contributed by atoms with Crippen molar-refractivity contribution in [3.05, 3.63) is 11.2 Å². The predicted molar refractivity (Wildman–Crippen MR) is 55.3 cm³/mol. The van der Waals surface area contributed by atoms with Crippen molar-refractivity contribution in [1.29, 1.82) is 0 Å². The second-order valence-electron chi connectivity index (χ2n) is 3.64. The Morgan fingerprint density at radius 1 is 1.33 bits per heavy atom. The Bertz CT molecular complexity index is 280. The van der Waals surface area contributed by atoms with E-state index in [1.807, 2.05) is 0 Å². The third-order valence-electron chi connectivity index (χ3n) is 1.15. The van der Waals surface area contributed by atoms with Gasteiger partial charge in [-0.3, -0.25) is 5.32 Å². The molecule has 0 aliphatic rings. The van der Waals surface area contributed by atoms with Crippen LogP contribution in [-0.4, -0.2) is 24.8 Å². The number of amides is 1. The minimum absolute atomic E-state index is 0.173. The number of nitrogens with one attached hydrogen (secondary N) is 1. The van der Waals surface area contributed by atoms with Crippen LogP contribution in [0, 0.1) is 0 Å². The molecular formula is C9H14ClNO4. The molecule has 0 aromatic carbocycles. The van der Waals surface area contributed by atoms with Crippen LogP contribution in [0.5, 0.6) is 0 Å². The maximum Gasteiger partial charge on any atom is 0.412 e. The molecule has 0 aromatic heterocycles. The number of esters is 1.